The summed E-state index contributed by atoms with van der Waals surface area (Å²) in [6.45, 7) is 2.33. The molecule has 1 fully saturated rings. The van der Waals surface area contributed by atoms with Crippen molar-refractivity contribution in [2.24, 2.45) is 5.92 Å². The van der Waals surface area contributed by atoms with E-state index in [-0.39, 0.29) is 11.6 Å². The number of benzene rings is 2. The lowest BCUT2D eigenvalue weighted by Gasteiger charge is -2.26. The van der Waals surface area contributed by atoms with Gasteiger partial charge in [-0.15, -0.1) is 0 Å². The fraction of sp³-hybridized carbons (Fsp3) is 0.368. The maximum Gasteiger partial charge on any atom is 0.134 e. The first kappa shape index (κ1) is 14.1. The maximum atomic E-state index is 13.9. The lowest BCUT2D eigenvalue weighted by atomic mass is 9.79. The van der Waals surface area contributed by atoms with E-state index in [1.54, 1.807) is 6.07 Å². The van der Waals surface area contributed by atoms with Crippen molar-refractivity contribution in [3.05, 3.63) is 53.8 Å². The van der Waals surface area contributed by atoms with Gasteiger partial charge < -0.3 is 5.11 Å². The summed E-state index contributed by atoms with van der Waals surface area (Å²) < 4.78 is 13.9. The largest absolute Gasteiger partial charge is 0.508 e. The Morgan fingerprint density at radius 1 is 0.952 bits per heavy atom. The van der Waals surface area contributed by atoms with Crippen LogP contribution in [0.5, 0.6) is 5.75 Å². The standard InChI is InChI=1S/C19H21FO/c1-13-2-4-14(5-3-13)15-6-8-16(9-7-15)18-11-10-17(21)12-19(18)20/h6-14,21H,2-5H2,1H3. The van der Waals surface area contributed by atoms with E-state index < -0.39 is 0 Å². The number of halogens is 1. The Kier molecular flexibility index (Phi) is 3.96. The highest BCUT2D eigenvalue weighted by molar-refractivity contribution is 5.65. The summed E-state index contributed by atoms with van der Waals surface area (Å²) in [5, 5.41) is 9.28. The van der Waals surface area contributed by atoms with Gasteiger partial charge in [0.15, 0.2) is 0 Å². The Morgan fingerprint density at radius 3 is 2.24 bits per heavy atom. The first-order chi connectivity index (χ1) is 10.1. The van der Waals surface area contributed by atoms with E-state index >= 15 is 0 Å². The van der Waals surface area contributed by atoms with Crippen LogP contribution in [0.4, 0.5) is 4.39 Å². The number of hydrogen-bond donors (Lipinski definition) is 1. The minimum Gasteiger partial charge on any atom is -0.508 e. The summed E-state index contributed by atoms with van der Waals surface area (Å²) in [6, 6.07) is 12.5. The van der Waals surface area contributed by atoms with Crippen molar-refractivity contribution >= 4 is 0 Å². The van der Waals surface area contributed by atoms with Crippen molar-refractivity contribution in [2.45, 2.75) is 38.5 Å². The lowest BCUT2D eigenvalue weighted by molar-refractivity contribution is 0.348. The lowest BCUT2D eigenvalue weighted by Crippen LogP contribution is -2.10. The summed E-state index contributed by atoms with van der Waals surface area (Å²) in [7, 11) is 0. The predicted molar refractivity (Wildman–Crippen MR) is 83.9 cm³/mol. The van der Waals surface area contributed by atoms with Crippen LogP contribution < -0.4 is 0 Å². The summed E-state index contributed by atoms with van der Waals surface area (Å²) in [6.07, 6.45) is 5.13. The van der Waals surface area contributed by atoms with E-state index in [2.05, 4.69) is 19.1 Å². The third-order valence-electron chi connectivity index (χ3n) is 4.66. The van der Waals surface area contributed by atoms with E-state index in [0.717, 1.165) is 17.5 Å². The molecule has 3 rings (SSSR count). The third kappa shape index (κ3) is 3.10. The highest BCUT2D eigenvalue weighted by Gasteiger charge is 2.19. The monoisotopic (exact) mass is 284 g/mol. The molecule has 1 N–H and O–H groups in total. The zero-order valence-electron chi connectivity index (χ0n) is 12.3. The minimum absolute atomic E-state index is 0.0378. The fourth-order valence-electron chi connectivity index (χ4n) is 3.27. The molecule has 0 heterocycles. The number of rotatable bonds is 2. The van der Waals surface area contributed by atoms with Gasteiger partial charge in [-0.2, -0.15) is 0 Å². The van der Waals surface area contributed by atoms with Gasteiger partial charge in [-0.3, -0.25) is 0 Å². The molecular weight excluding hydrogens is 263 g/mol. The normalized spacial score (nSPS) is 22.2. The van der Waals surface area contributed by atoms with E-state index in [1.165, 1.54) is 37.3 Å². The van der Waals surface area contributed by atoms with Crippen molar-refractivity contribution in [1.29, 1.82) is 0 Å². The van der Waals surface area contributed by atoms with Gasteiger partial charge in [0.05, 0.1) is 0 Å². The quantitative estimate of drug-likeness (QED) is 0.773. The average molecular weight is 284 g/mol. The molecule has 1 saturated carbocycles. The zero-order chi connectivity index (χ0) is 14.8. The summed E-state index contributed by atoms with van der Waals surface area (Å²) in [5.74, 6) is 1.09. The summed E-state index contributed by atoms with van der Waals surface area (Å²) in [5.41, 5.74) is 2.77. The summed E-state index contributed by atoms with van der Waals surface area (Å²) >= 11 is 0. The molecule has 0 unspecified atom stereocenters. The Balaban J connectivity index is 1.80. The van der Waals surface area contributed by atoms with Crippen LogP contribution in [0.25, 0.3) is 11.1 Å². The molecule has 0 amide bonds. The number of phenolic OH excluding ortho intramolecular Hbond substituents is 1. The first-order valence-corrected chi connectivity index (χ1v) is 7.72. The van der Waals surface area contributed by atoms with Gasteiger partial charge in [-0.1, -0.05) is 44.0 Å². The highest BCUT2D eigenvalue weighted by atomic mass is 19.1. The Bertz CT molecular complexity index is 610. The summed E-state index contributed by atoms with van der Waals surface area (Å²) in [4.78, 5) is 0. The van der Waals surface area contributed by atoms with E-state index in [9.17, 15) is 9.50 Å². The topological polar surface area (TPSA) is 20.2 Å². The molecule has 0 radical (unpaired) electrons. The van der Waals surface area contributed by atoms with Crippen LogP contribution in [0.3, 0.4) is 0 Å². The predicted octanol–water partition coefficient (Wildman–Crippen LogP) is 5.49. The van der Waals surface area contributed by atoms with Crippen LogP contribution >= 0.6 is 0 Å². The smallest absolute Gasteiger partial charge is 0.134 e. The van der Waals surface area contributed by atoms with Crippen LogP contribution in [0.1, 0.15) is 44.1 Å². The third-order valence-corrected chi connectivity index (χ3v) is 4.66. The second kappa shape index (κ2) is 5.88. The second-order valence-corrected chi connectivity index (χ2v) is 6.24. The number of aromatic hydroxyl groups is 1. The molecule has 1 nitrogen and oxygen atoms in total. The molecule has 2 heteroatoms. The fourth-order valence-corrected chi connectivity index (χ4v) is 3.27. The van der Waals surface area contributed by atoms with Crippen molar-refractivity contribution in [1.82, 2.24) is 0 Å². The Labute approximate surface area is 125 Å². The van der Waals surface area contributed by atoms with Gasteiger partial charge in [-0.05, 0) is 47.9 Å². The van der Waals surface area contributed by atoms with Gasteiger partial charge in [0, 0.05) is 11.6 Å². The molecule has 2 aromatic carbocycles. The van der Waals surface area contributed by atoms with E-state index in [0.29, 0.717) is 11.5 Å². The van der Waals surface area contributed by atoms with Crippen molar-refractivity contribution in [3.8, 4) is 16.9 Å². The van der Waals surface area contributed by atoms with Crippen LogP contribution in [0.2, 0.25) is 0 Å². The molecule has 0 atom stereocenters. The second-order valence-electron chi connectivity index (χ2n) is 6.24. The van der Waals surface area contributed by atoms with Gasteiger partial charge >= 0.3 is 0 Å². The van der Waals surface area contributed by atoms with Crippen LogP contribution in [-0.2, 0) is 0 Å². The van der Waals surface area contributed by atoms with Crippen LogP contribution in [0, 0.1) is 11.7 Å². The zero-order valence-corrected chi connectivity index (χ0v) is 12.3. The molecule has 0 aliphatic heterocycles. The van der Waals surface area contributed by atoms with Gasteiger partial charge in [0.25, 0.3) is 0 Å². The van der Waals surface area contributed by atoms with Gasteiger partial charge in [-0.25, -0.2) is 4.39 Å². The van der Waals surface area contributed by atoms with Crippen molar-refractivity contribution < 1.29 is 9.50 Å². The molecule has 110 valence electrons. The number of phenols is 1. The first-order valence-electron chi connectivity index (χ1n) is 7.72. The number of hydrogen-bond acceptors (Lipinski definition) is 1. The molecule has 0 spiro atoms. The molecule has 2 aromatic rings. The Morgan fingerprint density at radius 2 is 1.62 bits per heavy atom. The van der Waals surface area contributed by atoms with Crippen LogP contribution in [0.15, 0.2) is 42.5 Å². The average Bonchev–Trinajstić information content (AvgIpc) is 2.48. The van der Waals surface area contributed by atoms with Gasteiger partial charge in [0.2, 0.25) is 0 Å². The van der Waals surface area contributed by atoms with Gasteiger partial charge in [0.1, 0.15) is 11.6 Å². The Hall–Kier alpha value is -1.83. The molecule has 1 aliphatic rings. The van der Waals surface area contributed by atoms with Crippen LogP contribution in [-0.4, -0.2) is 5.11 Å². The van der Waals surface area contributed by atoms with E-state index in [1.807, 2.05) is 12.1 Å². The molecule has 21 heavy (non-hydrogen) atoms. The molecule has 0 aromatic heterocycles. The molecule has 0 bridgehead atoms. The van der Waals surface area contributed by atoms with Crippen molar-refractivity contribution in [2.75, 3.05) is 0 Å². The SMILES string of the molecule is CC1CCC(c2ccc(-c3ccc(O)cc3F)cc2)CC1. The minimum atomic E-state index is -0.380. The molecule has 1 aliphatic carbocycles. The highest BCUT2D eigenvalue weighted by Crippen LogP contribution is 2.36. The van der Waals surface area contributed by atoms with Crippen molar-refractivity contribution in [3.63, 3.8) is 0 Å². The maximum absolute atomic E-state index is 13.9. The molecule has 0 saturated heterocycles. The van der Waals surface area contributed by atoms with E-state index in [4.69, 9.17) is 0 Å². The molecular formula is C19H21FO.